The number of benzene rings is 1. The van der Waals surface area contributed by atoms with Crippen LogP contribution >= 0.6 is 23.5 Å². The van der Waals surface area contributed by atoms with Crippen molar-refractivity contribution in [2.24, 2.45) is 0 Å². The standard InChI is InChI=1S/C27H40N4OS2/c1-5-11-30-12-9-10-19-20-15-18(26-33-13-14-34-26)16-24-25(20)21(17-23(19)30)22(6-2)31(24)28-27(32)29(7-3)8-4/h15-16,19,23,26H,5-14,17H2,1-4H3,(H,28,32)/t19-,23-/m1/s1. The SMILES string of the molecule is CCCN1CCC[C@@H]2c3cc(C4SCCS4)cc4c3c(c(CC)n4NC(=O)N(CC)CC)C[C@H]21. The Bertz CT molecular complexity index is 1040. The third-order valence-corrected chi connectivity index (χ3v) is 11.1. The van der Waals surface area contributed by atoms with Crippen molar-refractivity contribution >= 4 is 40.5 Å². The smallest absolute Gasteiger partial charge is 0.324 e. The Hall–Kier alpha value is -1.31. The molecule has 3 heterocycles. The Morgan fingerprint density at radius 2 is 1.91 bits per heavy atom. The van der Waals surface area contributed by atoms with Gasteiger partial charge in [-0.1, -0.05) is 19.9 Å². The maximum atomic E-state index is 13.2. The van der Waals surface area contributed by atoms with Gasteiger partial charge in [-0.15, -0.1) is 23.5 Å². The van der Waals surface area contributed by atoms with E-state index < -0.39 is 0 Å². The number of aromatic nitrogens is 1. The van der Waals surface area contributed by atoms with Gasteiger partial charge in [0, 0.05) is 47.6 Å². The first-order chi connectivity index (χ1) is 16.6. The summed E-state index contributed by atoms with van der Waals surface area (Å²) in [5.41, 5.74) is 10.3. The molecule has 2 aliphatic heterocycles. The molecule has 2 aromatic rings. The summed E-state index contributed by atoms with van der Waals surface area (Å²) >= 11 is 4.15. The molecule has 186 valence electrons. The number of piperidine rings is 1. The monoisotopic (exact) mass is 500 g/mol. The number of thioether (sulfide) groups is 2. The van der Waals surface area contributed by atoms with Crippen LogP contribution in [0.1, 0.15) is 79.8 Å². The van der Waals surface area contributed by atoms with Crippen molar-refractivity contribution in [3.05, 3.63) is 34.5 Å². The van der Waals surface area contributed by atoms with Gasteiger partial charge in [-0.25, -0.2) is 10.2 Å². The molecule has 0 radical (unpaired) electrons. The Balaban J connectivity index is 1.68. The van der Waals surface area contributed by atoms with Gasteiger partial charge in [-0.05, 0) is 81.8 Å². The maximum Gasteiger partial charge on any atom is 0.336 e. The van der Waals surface area contributed by atoms with Crippen molar-refractivity contribution in [2.75, 3.05) is 43.1 Å². The summed E-state index contributed by atoms with van der Waals surface area (Å²) in [4.78, 5) is 17.8. The highest BCUT2D eigenvalue weighted by molar-refractivity contribution is 8.19. The molecule has 2 amide bonds. The molecule has 1 aromatic carbocycles. The van der Waals surface area contributed by atoms with E-state index in [1.807, 2.05) is 4.90 Å². The summed E-state index contributed by atoms with van der Waals surface area (Å²) in [6.45, 7) is 12.5. The zero-order valence-electron chi connectivity index (χ0n) is 21.2. The van der Waals surface area contributed by atoms with E-state index in [2.05, 4.69) is 78.4 Å². The van der Waals surface area contributed by atoms with Crippen molar-refractivity contribution < 1.29 is 4.79 Å². The largest absolute Gasteiger partial charge is 0.336 e. The van der Waals surface area contributed by atoms with Crippen LogP contribution in [0.15, 0.2) is 12.1 Å². The number of hydrogen-bond donors (Lipinski definition) is 1. The van der Waals surface area contributed by atoms with E-state index in [0.717, 1.165) is 25.9 Å². The van der Waals surface area contributed by atoms with Crippen molar-refractivity contribution in [3.63, 3.8) is 0 Å². The molecule has 0 bridgehead atoms. The molecule has 0 unspecified atom stereocenters. The highest BCUT2D eigenvalue weighted by atomic mass is 32.2. The number of hydrogen-bond acceptors (Lipinski definition) is 4. The number of nitrogens with one attached hydrogen (secondary N) is 1. The lowest BCUT2D eigenvalue weighted by Crippen LogP contribution is -2.47. The fourth-order valence-corrected chi connectivity index (χ4v) is 9.33. The van der Waals surface area contributed by atoms with Crippen LogP contribution < -0.4 is 5.43 Å². The summed E-state index contributed by atoms with van der Waals surface area (Å²) in [6, 6.07) is 5.55. The topological polar surface area (TPSA) is 40.5 Å². The minimum Gasteiger partial charge on any atom is -0.324 e. The Morgan fingerprint density at radius 1 is 1.15 bits per heavy atom. The van der Waals surface area contributed by atoms with Crippen LogP contribution in [-0.4, -0.2) is 64.2 Å². The fourth-order valence-electron chi connectivity index (χ4n) is 6.51. The normalized spacial score (nSPS) is 22.8. The second-order valence-electron chi connectivity index (χ2n) is 9.84. The van der Waals surface area contributed by atoms with Crippen LogP contribution in [0.3, 0.4) is 0 Å². The molecule has 5 rings (SSSR count). The van der Waals surface area contributed by atoms with E-state index in [-0.39, 0.29) is 6.03 Å². The van der Waals surface area contributed by atoms with Gasteiger partial charge in [0.2, 0.25) is 0 Å². The van der Waals surface area contributed by atoms with Gasteiger partial charge in [-0.3, -0.25) is 9.58 Å². The molecular formula is C27H40N4OS2. The molecule has 34 heavy (non-hydrogen) atoms. The molecule has 2 fully saturated rings. The van der Waals surface area contributed by atoms with Crippen LogP contribution in [0, 0.1) is 0 Å². The van der Waals surface area contributed by atoms with Gasteiger partial charge in [0.1, 0.15) is 0 Å². The highest BCUT2D eigenvalue weighted by Crippen LogP contribution is 2.50. The minimum absolute atomic E-state index is 0.00370. The summed E-state index contributed by atoms with van der Waals surface area (Å²) in [5, 5.41) is 1.44. The van der Waals surface area contributed by atoms with E-state index >= 15 is 0 Å². The third-order valence-electron chi connectivity index (χ3n) is 8.04. The van der Waals surface area contributed by atoms with Gasteiger partial charge >= 0.3 is 6.03 Å². The first-order valence-corrected chi connectivity index (χ1v) is 15.4. The molecule has 0 spiro atoms. The molecule has 1 N–H and O–H groups in total. The van der Waals surface area contributed by atoms with Crippen molar-refractivity contribution in [1.82, 2.24) is 14.5 Å². The molecular weight excluding hydrogens is 460 g/mol. The lowest BCUT2D eigenvalue weighted by Gasteiger charge is -2.44. The lowest BCUT2D eigenvalue weighted by atomic mass is 9.74. The van der Waals surface area contributed by atoms with E-state index in [1.165, 1.54) is 71.6 Å². The average molecular weight is 501 g/mol. The second kappa shape index (κ2) is 10.4. The molecule has 5 nitrogen and oxygen atoms in total. The second-order valence-corrected chi connectivity index (χ2v) is 12.6. The first-order valence-electron chi connectivity index (χ1n) is 13.3. The summed E-state index contributed by atoms with van der Waals surface area (Å²) in [5.74, 6) is 3.06. The van der Waals surface area contributed by atoms with Crippen LogP contribution in [0.25, 0.3) is 10.9 Å². The average Bonchev–Trinajstić information content (AvgIpc) is 3.48. The number of amides is 2. The van der Waals surface area contributed by atoms with Gasteiger partial charge in [0.05, 0.1) is 10.1 Å². The fraction of sp³-hybridized carbons (Fsp3) is 0.667. The number of nitrogens with zero attached hydrogens (tertiary/aromatic N) is 3. The van der Waals surface area contributed by atoms with Crippen molar-refractivity contribution in [3.8, 4) is 0 Å². The molecule has 7 heteroatoms. The first kappa shape index (κ1) is 24.4. The number of rotatable bonds is 7. The number of likely N-dealkylation sites (tertiary alicyclic amines) is 1. The molecule has 2 saturated heterocycles. The molecule has 2 atom stereocenters. The molecule has 1 aromatic heterocycles. The van der Waals surface area contributed by atoms with E-state index in [1.54, 1.807) is 5.56 Å². The Labute approximate surface area is 213 Å². The van der Waals surface area contributed by atoms with Crippen LogP contribution in [0.4, 0.5) is 4.79 Å². The number of carbonyl (C=O) groups excluding carboxylic acids is 1. The van der Waals surface area contributed by atoms with E-state index in [9.17, 15) is 4.79 Å². The molecule has 0 saturated carbocycles. The van der Waals surface area contributed by atoms with E-state index in [0.29, 0.717) is 16.5 Å². The summed E-state index contributed by atoms with van der Waals surface area (Å²) < 4.78 is 2.68. The maximum absolute atomic E-state index is 13.2. The number of urea groups is 1. The molecule has 3 aliphatic rings. The van der Waals surface area contributed by atoms with Crippen LogP contribution in [0.2, 0.25) is 0 Å². The van der Waals surface area contributed by atoms with Crippen LogP contribution in [0.5, 0.6) is 0 Å². The Morgan fingerprint density at radius 3 is 2.59 bits per heavy atom. The number of fused-ring (bicyclic) bond motifs is 2. The van der Waals surface area contributed by atoms with Crippen LogP contribution in [-0.2, 0) is 12.8 Å². The van der Waals surface area contributed by atoms with Gasteiger partial charge in [0.25, 0.3) is 0 Å². The highest BCUT2D eigenvalue weighted by Gasteiger charge is 2.40. The van der Waals surface area contributed by atoms with Gasteiger partial charge in [0.15, 0.2) is 0 Å². The molecule has 1 aliphatic carbocycles. The quantitative estimate of drug-likeness (QED) is 0.491. The minimum atomic E-state index is 0.00370. The Kier molecular flexibility index (Phi) is 7.43. The van der Waals surface area contributed by atoms with Gasteiger partial charge < -0.3 is 4.90 Å². The predicted octanol–water partition coefficient (Wildman–Crippen LogP) is 6.20. The summed E-state index contributed by atoms with van der Waals surface area (Å²) in [7, 11) is 0. The zero-order chi connectivity index (χ0) is 23.8. The third kappa shape index (κ3) is 4.16. The number of carbonyl (C=O) groups is 1. The predicted molar refractivity (Wildman–Crippen MR) is 148 cm³/mol. The van der Waals surface area contributed by atoms with Crippen molar-refractivity contribution in [2.45, 2.75) is 76.3 Å². The van der Waals surface area contributed by atoms with Gasteiger partial charge in [-0.2, -0.15) is 0 Å². The van der Waals surface area contributed by atoms with E-state index in [4.69, 9.17) is 0 Å². The lowest BCUT2D eigenvalue weighted by molar-refractivity contribution is 0.124. The zero-order valence-corrected chi connectivity index (χ0v) is 22.9. The van der Waals surface area contributed by atoms with Crippen molar-refractivity contribution in [1.29, 1.82) is 0 Å². The summed E-state index contributed by atoms with van der Waals surface area (Å²) in [6.07, 6.45) is 5.82.